The van der Waals surface area contributed by atoms with Crippen LogP contribution in [-0.2, 0) is 0 Å². The van der Waals surface area contributed by atoms with Gasteiger partial charge in [0, 0.05) is 0 Å². The van der Waals surface area contributed by atoms with Gasteiger partial charge in [-0.05, 0) is 41.4 Å². The summed E-state index contributed by atoms with van der Waals surface area (Å²) in [5.41, 5.74) is 1.20. The molecule has 4 atom stereocenters. The highest BCUT2D eigenvalue weighted by Gasteiger charge is 2.79. The average Bonchev–Trinajstić information content (AvgIpc) is 2.67. The van der Waals surface area contributed by atoms with Crippen molar-refractivity contribution in [1.82, 2.24) is 0 Å². The molecule has 0 N–H and O–H groups in total. The number of hydrogen-bond donors (Lipinski definition) is 0. The van der Waals surface area contributed by atoms with Gasteiger partial charge in [-0.25, -0.2) is 0 Å². The molecule has 0 heterocycles. The van der Waals surface area contributed by atoms with Gasteiger partial charge >= 0.3 is 0 Å². The van der Waals surface area contributed by atoms with Gasteiger partial charge in [0.05, 0.1) is 3.23 Å². The molecule has 0 aliphatic heterocycles. The van der Waals surface area contributed by atoms with Crippen LogP contribution in [0, 0.1) is 28.6 Å². The Morgan fingerprint density at radius 3 is 2.23 bits per heavy atom. The average molecular weight is 308 g/mol. The van der Waals surface area contributed by atoms with E-state index in [2.05, 4.69) is 52.6 Å². The Balaban J connectivity index is 1.87. The van der Waals surface area contributed by atoms with Gasteiger partial charge < -0.3 is 0 Å². The maximum Gasteiger partial charge on any atom is 0.0896 e. The molecule has 0 aromatic heterocycles. The summed E-state index contributed by atoms with van der Waals surface area (Å²) in [5, 5.41) is 0. The van der Waals surface area contributed by atoms with Gasteiger partial charge in [0.15, 0.2) is 0 Å². The Morgan fingerprint density at radius 2 is 1.69 bits per heavy atom. The summed E-state index contributed by atoms with van der Waals surface area (Å²) >= 11 is 7.68. The van der Waals surface area contributed by atoms with Crippen molar-refractivity contribution < 1.29 is 0 Å². The molecule has 3 rings (SSSR count). The maximum absolute atomic E-state index is 3.84. The van der Waals surface area contributed by atoms with Crippen LogP contribution in [0.4, 0.5) is 0 Å². The van der Waals surface area contributed by atoms with Gasteiger partial charge in [0.25, 0.3) is 0 Å². The number of rotatable bonds is 0. The van der Waals surface area contributed by atoms with Crippen LogP contribution in [-0.4, -0.2) is 3.23 Å². The van der Waals surface area contributed by atoms with Crippen molar-refractivity contribution in [1.29, 1.82) is 0 Å². The van der Waals surface area contributed by atoms with Crippen LogP contribution in [0.1, 0.15) is 33.6 Å². The van der Waals surface area contributed by atoms with E-state index in [0.717, 1.165) is 17.8 Å². The molecule has 0 nitrogen and oxygen atoms in total. The molecule has 2 heteroatoms. The number of fused-ring (bicyclic) bond motifs is 2. The quantitative estimate of drug-likeness (QED) is 0.589. The molecule has 0 bridgehead atoms. The normalized spacial score (nSPS) is 59.3. The monoisotopic (exact) mass is 306 g/mol. The second kappa shape index (κ2) is 2.07. The van der Waals surface area contributed by atoms with Crippen LogP contribution in [0.3, 0.4) is 0 Å². The third kappa shape index (κ3) is 0.844. The Hall–Kier alpha value is 0.960. The minimum atomic E-state index is 0.288. The number of alkyl halides is 2. The van der Waals surface area contributed by atoms with E-state index >= 15 is 0 Å². The van der Waals surface area contributed by atoms with E-state index in [0.29, 0.717) is 10.8 Å². The molecule has 74 valence electrons. The SMILES string of the molecule is CC1(C)[C@@H]2C[C@H]3C(Br)(Br)[C@@]3(C)C[C@@H]21. The van der Waals surface area contributed by atoms with E-state index in [9.17, 15) is 0 Å². The predicted octanol–water partition coefficient (Wildman–Crippen LogP) is 4.17. The van der Waals surface area contributed by atoms with Gasteiger partial charge in [-0.3, -0.25) is 0 Å². The largest absolute Gasteiger partial charge is 0.0896 e. The lowest BCUT2D eigenvalue weighted by atomic mass is 9.90. The van der Waals surface area contributed by atoms with E-state index in [4.69, 9.17) is 0 Å². The van der Waals surface area contributed by atoms with Crippen molar-refractivity contribution in [2.45, 2.75) is 36.8 Å². The van der Waals surface area contributed by atoms with Crippen LogP contribution in [0.5, 0.6) is 0 Å². The zero-order valence-electron chi connectivity index (χ0n) is 8.40. The summed E-state index contributed by atoms with van der Waals surface area (Å²) in [6.45, 7) is 7.33. The van der Waals surface area contributed by atoms with E-state index in [-0.39, 0.29) is 3.23 Å². The van der Waals surface area contributed by atoms with Gasteiger partial charge in [-0.15, -0.1) is 0 Å². The fourth-order valence-corrected chi connectivity index (χ4v) is 5.83. The Kier molecular flexibility index (Phi) is 1.46. The summed E-state index contributed by atoms with van der Waals surface area (Å²) in [5.74, 6) is 2.90. The van der Waals surface area contributed by atoms with Crippen LogP contribution in [0.2, 0.25) is 0 Å². The van der Waals surface area contributed by atoms with E-state index in [1.165, 1.54) is 12.8 Å². The highest BCUT2D eigenvalue weighted by atomic mass is 79.9. The predicted molar refractivity (Wildman–Crippen MR) is 62.2 cm³/mol. The molecule has 3 saturated carbocycles. The van der Waals surface area contributed by atoms with E-state index in [1.54, 1.807) is 0 Å². The summed E-state index contributed by atoms with van der Waals surface area (Å²) in [4.78, 5) is 0. The molecule has 3 aliphatic carbocycles. The third-order valence-electron chi connectivity index (χ3n) is 5.31. The molecule has 0 aromatic rings. The molecule has 3 fully saturated rings. The van der Waals surface area contributed by atoms with Crippen molar-refractivity contribution in [2.24, 2.45) is 28.6 Å². The van der Waals surface area contributed by atoms with Crippen LogP contribution >= 0.6 is 31.9 Å². The first-order valence-corrected chi connectivity index (χ1v) is 6.78. The Morgan fingerprint density at radius 1 is 1.08 bits per heavy atom. The van der Waals surface area contributed by atoms with Gasteiger partial charge in [0.2, 0.25) is 0 Å². The standard InChI is InChI=1S/C11H16Br2/c1-9(2)6-4-8-10(3,5-7(6)9)11(8,12)13/h6-8H,4-5H2,1-3H3/t6-,7+,8-,10+/m1/s1. The number of hydrogen-bond acceptors (Lipinski definition) is 0. The minimum Gasteiger partial charge on any atom is -0.0718 e. The van der Waals surface area contributed by atoms with Crippen molar-refractivity contribution >= 4 is 31.9 Å². The molecule has 0 radical (unpaired) electrons. The molecular formula is C11H16Br2. The molecule has 0 spiro atoms. The van der Waals surface area contributed by atoms with Crippen molar-refractivity contribution in [2.75, 3.05) is 0 Å². The zero-order chi connectivity index (χ0) is 9.65. The molecule has 0 saturated heterocycles. The van der Waals surface area contributed by atoms with Gasteiger partial charge in [-0.1, -0.05) is 52.6 Å². The second-order valence-electron chi connectivity index (χ2n) is 6.07. The number of halogens is 2. The highest BCUT2D eigenvalue weighted by Crippen LogP contribution is 2.84. The molecular weight excluding hydrogens is 292 g/mol. The van der Waals surface area contributed by atoms with E-state index in [1.807, 2.05) is 0 Å². The molecule has 0 amide bonds. The lowest BCUT2D eigenvalue weighted by Crippen LogP contribution is -2.08. The van der Waals surface area contributed by atoms with Crippen molar-refractivity contribution in [3.8, 4) is 0 Å². The maximum atomic E-state index is 3.84. The fraction of sp³-hybridized carbons (Fsp3) is 1.00. The van der Waals surface area contributed by atoms with Gasteiger partial charge in [0.1, 0.15) is 0 Å². The summed E-state index contributed by atoms with van der Waals surface area (Å²) in [6, 6.07) is 0. The minimum absolute atomic E-state index is 0.288. The lowest BCUT2D eigenvalue weighted by molar-refractivity contribution is 0.348. The summed E-state index contributed by atoms with van der Waals surface area (Å²) < 4.78 is 0.288. The first-order chi connectivity index (χ1) is 5.82. The second-order valence-corrected chi connectivity index (χ2v) is 9.63. The first-order valence-electron chi connectivity index (χ1n) is 5.19. The van der Waals surface area contributed by atoms with Crippen molar-refractivity contribution in [3.63, 3.8) is 0 Å². The topological polar surface area (TPSA) is 0 Å². The molecule has 0 aromatic carbocycles. The van der Waals surface area contributed by atoms with Crippen LogP contribution < -0.4 is 0 Å². The first kappa shape index (κ1) is 9.21. The third-order valence-corrected chi connectivity index (χ3v) is 8.22. The van der Waals surface area contributed by atoms with Crippen LogP contribution in [0.15, 0.2) is 0 Å². The van der Waals surface area contributed by atoms with E-state index < -0.39 is 0 Å². The smallest absolute Gasteiger partial charge is 0.0718 e. The zero-order valence-corrected chi connectivity index (χ0v) is 11.6. The van der Waals surface area contributed by atoms with Crippen molar-refractivity contribution in [3.05, 3.63) is 0 Å². The van der Waals surface area contributed by atoms with Crippen LogP contribution in [0.25, 0.3) is 0 Å². The lowest BCUT2D eigenvalue weighted by Gasteiger charge is -2.15. The summed E-state index contributed by atoms with van der Waals surface area (Å²) in [7, 11) is 0. The summed E-state index contributed by atoms with van der Waals surface area (Å²) in [6.07, 6.45) is 2.86. The Labute approximate surface area is 97.1 Å². The Bertz CT molecular complexity index is 282. The molecule has 0 unspecified atom stereocenters. The molecule has 3 aliphatic rings. The molecule has 13 heavy (non-hydrogen) atoms. The highest BCUT2D eigenvalue weighted by molar-refractivity contribution is 9.25. The fourth-order valence-electron chi connectivity index (χ4n) is 3.80. The van der Waals surface area contributed by atoms with Gasteiger partial charge in [-0.2, -0.15) is 0 Å².